The third kappa shape index (κ3) is 4.47. The highest BCUT2D eigenvalue weighted by atomic mass is 35.5. The van der Waals surface area contributed by atoms with E-state index >= 15 is 0 Å². The summed E-state index contributed by atoms with van der Waals surface area (Å²) in [5.41, 5.74) is 2.00. The number of anilines is 1. The van der Waals surface area contributed by atoms with Gasteiger partial charge in [-0.25, -0.2) is 8.78 Å². The van der Waals surface area contributed by atoms with Gasteiger partial charge in [-0.15, -0.1) is 0 Å². The fourth-order valence-corrected chi connectivity index (χ4v) is 4.39. The zero-order valence-corrected chi connectivity index (χ0v) is 18.9. The molecule has 0 radical (unpaired) electrons. The van der Waals surface area contributed by atoms with Crippen molar-refractivity contribution in [2.24, 2.45) is 0 Å². The van der Waals surface area contributed by atoms with Crippen molar-refractivity contribution < 1.29 is 32.6 Å². The number of ether oxygens (including phenoxy) is 3. The molecule has 2 aliphatic heterocycles. The topological polar surface area (TPSA) is 85.9 Å². The Morgan fingerprint density at radius 3 is 2.36 bits per heavy atom. The first kappa shape index (κ1) is 23.3. The van der Waals surface area contributed by atoms with E-state index in [4.69, 9.17) is 25.8 Å². The maximum absolute atomic E-state index is 14.2. The van der Waals surface area contributed by atoms with Crippen LogP contribution in [0.1, 0.15) is 42.5 Å². The van der Waals surface area contributed by atoms with Crippen LogP contribution in [-0.2, 0) is 31.3 Å². The van der Waals surface area contributed by atoms with Crippen molar-refractivity contribution in [3.63, 3.8) is 0 Å². The van der Waals surface area contributed by atoms with Gasteiger partial charge >= 0.3 is 11.9 Å². The quantitative estimate of drug-likeness (QED) is 0.640. The summed E-state index contributed by atoms with van der Waals surface area (Å²) in [7, 11) is 1.19. The van der Waals surface area contributed by atoms with Crippen molar-refractivity contribution in [1.29, 1.82) is 0 Å². The number of rotatable bonds is 4. The highest BCUT2D eigenvalue weighted by Crippen LogP contribution is 2.41. The van der Waals surface area contributed by atoms with Crippen molar-refractivity contribution >= 4 is 29.2 Å². The van der Waals surface area contributed by atoms with Crippen LogP contribution >= 0.6 is 11.6 Å². The number of fused-ring (bicyclic) bond motifs is 2. The smallest absolute Gasteiger partial charge is 0.309 e. The maximum Gasteiger partial charge on any atom is 0.309 e. The molecule has 1 atom stereocenters. The highest BCUT2D eigenvalue weighted by Gasteiger charge is 2.46. The number of hydrogen-bond donors (Lipinski definition) is 2. The third-order valence-corrected chi connectivity index (χ3v) is 6.07. The van der Waals surface area contributed by atoms with E-state index in [9.17, 15) is 18.4 Å². The fourth-order valence-electron chi connectivity index (χ4n) is 4.15. The molecule has 0 saturated carbocycles. The average molecular weight is 481 g/mol. The first-order chi connectivity index (χ1) is 15.7. The van der Waals surface area contributed by atoms with E-state index in [0.717, 1.165) is 0 Å². The van der Waals surface area contributed by atoms with Crippen molar-refractivity contribution in [2.75, 3.05) is 25.5 Å². The van der Waals surface area contributed by atoms with Crippen LogP contribution in [0.2, 0.25) is 5.02 Å². The number of nitrogens with one attached hydrogen (secondary N) is 2. The van der Waals surface area contributed by atoms with E-state index in [1.807, 2.05) is 0 Å². The Hall–Kier alpha value is -2.91. The minimum absolute atomic E-state index is 0.0692. The molecule has 0 amide bonds. The predicted molar refractivity (Wildman–Crippen MR) is 116 cm³/mol. The van der Waals surface area contributed by atoms with Crippen LogP contribution < -0.4 is 15.4 Å². The van der Waals surface area contributed by atoms with Crippen LogP contribution in [0, 0.1) is 11.6 Å². The van der Waals surface area contributed by atoms with Gasteiger partial charge in [-0.05, 0) is 55.3 Å². The van der Waals surface area contributed by atoms with E-state index in [1.165, 1.54) is 19.2 Å². The molecule has 10 heteroatoms. The Bertz CT molecular complexity index is 1070. The van der Waals surface area contributed by atoms with Crippen molar-refractivity contribution in [3.8, 4) is 5.75 Å². The number of benzene rings is 2. The van der Waals surface area contributed by atoms with Gasteiger partial charge in [0.05, 0.1) is 37.2 Å². The van der Waals surface area contributed by atoms with Crippen molar-refractivity contribution in [2.45, 2.75) is 38.0 Å². The van der Waals surface area contributed by atoms with Gasteiger partial charge in [-0.3, -0.25) is 9.59 Å². The molecule has 2 N–H and O–H groups in total. The van der Waals surface area contributed by atoms with Crippen LogP contribution in [0.15, 0.2) is 24.3 Å². The summed E-state index contributed by atoms with van der Waals surface area (Å²) in [4.78, 5) is 24.5. The monoisotopic (exact) mass is 480 g/mol. The lowest BCUT2D eigenvalue weighted by Crippen LogP contribution is -2.43. The summed E-state index contributed by atoms with van der Waals surface area (Å²) in [5, 5.41) is 6.72. The number of esters is 2. The second-order valence-electron chi connectivity index (χ2n) is 7.96. The van der Waals surface area contributed by atoms with E-state index < -0.39 is 41.2 Å². The first-order valence-electron chi connectivity index (χ1n) is 10.5. The molecule has 2 aliphatic rings. The minimum atomic E-state index is -1.63. The molecule has 33 heavy (non-hydrogen) atoms. The predicted octanol–water partition coefficient (Wildman–Crippen LogP) is 3.98. The van der Waals surface area contributed by atoms with E-state index in [1.54, 1.807) is 19.1 Å². The van der Waals surface area contributed by atoms with E-state index in [-0.39, 0.29) is 19.4 Å². The number of methoxy groups -OCH3 is 1. The van der Waals surface area contributed by atoms with E-state index in [0.29, 0.717) is 40.4 Å². The Morgan fingerprint density at radius 1 is 1.12 bits per heavy atom. The lowest BCUT2D eigenvalue weighted by atomic mass is 9.95. The zero-order valence-electron chi connectivity index (χ0n) is 18.1. The average Bonchev–Trinajstić information content (AvgIpc) is 3.02. The lowest BCUT2D eigenvalue weighted by Gasteiger charge is -2.32. The second kappa shape index (κ2) is 9.15. The molecule has 0 bridgehead atoms. The second-order valence-corrected chi connectivity index (χ2v) is 8.37. The third-order valence-electron chi connectivity index (χ3n) is 5.76. The molecule has 176 valence electrons. The minimum Gasteiger partial charge on any atom is -0.491 e. The molecule has 0 aliphatic carbocycles. The molecule has 1 unspecified atom stereocenters. The molecule has 1 spiro atoms. The van der Waals surface area contributed by atoms with Crippen LogP contribution in [0.4, 0.5) is 14.5 Å². The molecule has 7 nitrogen and oxygen atoms in total. The Balaban J connectivity index is 1.75. The van der Waals surface area contributed by atoms with Crippen LogP contribution in [0.3, 0.4) is 0 Å². The first-order valence-corrected chi connectivity index (χ1v) is 10.9. The van der Waals surface area contributed by atoms with Gasteiger partial charge in [-0.1, -0.05) is 11.6 Å². The largest absolute Gasteiger partial charge is 0.491 e. The SMILES string of the molecule is COc1c(F)cc(C(C)Nc2c(Cl)ccc3c2CCNCC32OC(=O)CCC(=O)O2)cc1F. The van der Waals surface area contributed by atoms with Crippen molar-refractivity contribution in [3.05, 3.63) is 57.6 Å². The van der Waals surface area contributed by atoms with E-state index in [2.05, 4.69) is 10.6 Å². The normalized spacial score (nSPS) is 18.5. The molecule has 2 aromatic rings. The van der Waals surface area contributed by atoms with Crippen molar-refractivity contribution in [1.82, 2.24) is 5.32 Å². The number of carbonyl (C=O) groups excluding carboxylic acids is 2. The molecule has 1 fully saturated rings. The summed E-state index contributed by atoms with van der Waals surface area (Å²) in [5.74, 6) is -4.81. The van der Waals surface area contributed by atoms with Gasteiger partial charge < -0.3 is 24.8 Å². The molecule has 4 rings (SSSR count). The standard InChI is InChI=1S/C23H23ClF2N2O5/c1-12(13-9-17(25)22(31-2)18(26)10-13)28-21-14-7-8-27-11-23(15(14)3-4-16(21)24)32-19(29)5-6-20(30)33-23/h3-4,9-10,12,27-28H,5-8,11H2,1-2H3. The summed E-state index contributed by atoms with van der Waals surface area (Å²) in [6, 6.07) is 5.10. The van der Waals surface area contributed by atoms with Crippen LogP contribution in [-0.4, -0.2) is 32.1 Å². The highest BCUT2D eigenvalue weighted by molar-refractivity contribution is 6.33. The molecular weight excluding hydrogens is 458 g/mol. The molecule has 1 saturated heterocycles. The van der Waals surface area contributed by atoms with Gasteiger partial charge in [0, 0.05) is 11.6 Å². The molecule has 2 aromatic carbocycles. The number of hydrogen-bond acceptors (Lipinski definition) is 7. The number of carbonyl (C=O) groups is 2. The molecule has 2 heterocycles. The molecular formula is C23H23ClF2N2O5. The zero-order chi connectivity index (χ0) is 23.8. The summed E-state index contributed by atoms with van der Waals surface area (Å²) >= 11 is 6.51. The summed E-state index contributed by atoms with van der Waals surface area (Å²) in [6.07, 6.45) is 0.341. The molecule has 0 aromatic heterocycles. The van der Waals surface area contributed by atoms with Crippen LogP contribution in [0.5, 0.6) is 5.75 Å². The number of halogens is 3. The summed E-state index contributed by atoms with van der Waals surface area (Å²) in [6.45, 7) is 2.31. The maximum atomic E-state index is 14.2. The Labute approximate surface area is 194 Å². The van der Waals surface area contributed by atoms with Gasteiger partial charge in [0.1, 0.15) is 0 Å². The Morgan fingerprint density at radius 2 is 1.76 bits per heavy atom. The fraction of sp³-hybridized carbons (Fsp3) is 0.391. The van der Waals surface area contributed by atoms with Gasteiger partial charge in [0.25, 0.3) is 5.79 Å². The van der Waals surface area contributed by atoms with Gasteiger partial charge in [0.15, 0.2) is 17.4 Å². The lowest BCUT2D eigenvalue weighted by molar-refractivity contribution is -0.225. The van der Waals surface area contributed by atoms with Crippen LogP contribution in [0.25, 0.3) is 0 Å². The summed E-state index contributed by atoms with van der Waals surface area (Å²) < 4.78 is 44.5. The van der Waals surface area contributed by atoms with Gasteiger partial charge in [-0.2, -0.15) is 0 Å². The Kier molecular flexibility index (Phi) is 6.45. The van der Waals surface area contributed by atoms with Gasteiger partial charge in [0.2, 0.25) is 0 Å².